The minimum Gasteiger partial charge on any atom is -0.314 e. The smallest absolute Gasteiger partial charge is 0.0101 e. The summed E-state index contributed by atoms with van der Waals surface area (Å²) >= 11 is 0. The van der Waals surface area contributed by atoms with E-state index in [2.05, 4.69) is 25.1 Å². The average Bonchev–Trinajstić information content (AvgIpc) is 2.47. The van der Waals surface area contributed by atoms with Crippen molar-refractivity contribution >= 4 is 0 Å². The van der Waals surface area contributed by atoms with Crippen LogP contribution in [0, 0.1) is 12.3 Å². The van der Waals surface area contributed by atoms with Gasteiger partial charge in [-0.2, -0.15) is 0 Å². The first kappa shape index (κ1) is 19.5. The lowest BCUT2D eigenvalue weighted by Gasteiger charge is -2.17. The van der Waals surface area contributed by atoms with Gasteiger partial charge in [-0.15, -0.1) is 12.3 Å². The standard InChI is InChI=1S/C19H37N/c1-4-7-9-10-11-12-13-14-15-17-19(16-8-5-2)20-18-6-3/h2,19-20H,4,6-18H2,1,3H3. The molecule has 118 valence electrons. The molecule has 1 unspecified atom stereocenters. The van der Waals surface area contributed by atoms with Crippen molar-refractivity contribution in [3.8, 4) is 12.3 Å². The summed E-state index contributed by atoms with van der Waals surface area (Å²) in [5.41, 5.74) is 0. The van der Waals surface area contributed by atoms with Gasteiger partial charge >= 0.3 is 0 Å². The van der Waals surface area contributed by atoms with Gasteiger partial charge in [0.15, 0.2) is 0 Å². The molecule has 0 aliphatic rings. The van der Waals surface area contributed by atoms with E-state index in [1.165, 1.54) is 70.6 Å². The number of unbranched alkanes of at least 4 members (excludes halogenated alkanes) is 8. The Morgan fingerprint density at radius 2 is 1.40 bits per heavy atom. The van der Waals surface area contributed by atoms with Crippen molar-refractivity contribution < 1.29 is 0 Å². The third kappa shape index (κ3) is 13.9. The molecule has 0 radical (unpaired) electrons. The summed E-state index contributed by atoms with van der Waals surface area (Å²) in [4.78, 5) is 0. The number of hydrogen-bond donors (Lipinski definition) is 1. The fourth-order valence-corrected chi connectivity index (χ4v) is 2.66. The first-order chi connectivity index (χ1) is 9.85. The molecule has 0 aromatic heterocycles. The van der Waals surface area contributed by atoms with Gasteiger partial charge in [-0.25, -0.2) is 0 Å². The highest BCUT2D eigenvalue weighted by Crippen LogP contribution is 2.13. The Bertz CT molecular complexity index is 216. The molecule has 0 aliphatic heterocycles. The highest BCUT2D eigenvalue weighted by atomic mass is 14.9. The maximum atomic E-state index is 5.37. The van der Waals surface area contributed by atoms with Crippen LogP contribution in [0.4, 0.5) is 0 Å². The van der Waals surface area contributed by atoms with Crippen molar-refractivity contribution in [2.45, 2.75) is 103 Å². The monoisotopic (exact) mass is 279 g/mol. The molecule has 0 fully saturated rings. The zero-order valence-corrected chi connectivity index (χ0v) is 14.1. The topological polar surface area (TPSA) is 12.0 Å². The Kier molecular flexibility index (Phi) is 16.2. The van der Waals surface area contributed by atoms with E-state index in [1.807, 2.05) is 0 Å². The lowest BCUT2D eigenvalue weighted by atomic mass is 10.0. The molecule has 0 rings (SSSR count). The van der Waals surface area contributed by atoms with E-state index in [9.17, 15) is 0 Å². The van der Waals surface area contributed by atoms with Crippen LogP contribution in [0.2, 0.25) is 0 Å². The van der Waals surface area contributed by atoms with Crippen LogP contribution < -0.4 is 5.32 Å². The lowest BCUT2D eigenvalue weighted by Crippen LogP contribution is -2.29. The lowest BCUT2D eigenvalue weighted by molar-refractivity contribution is 0.433. The first-order valence-electron chi connectivity index (χ1n) is 9.02. The van der Waals surface area contributed by atoms with Gasteiger partial charge in [0.1, 0.15) is 0 Å². The van der Waals surface area contributed by atoms with Gasteiger partial charge in [0.2, 0.25) is 0 Å². The van der Waals surface area contributed by atoms with E-state index in [0.29, 0.717) is 6.04 Å². The molecule has 0 spiro atoms. The number of rotatable bonds is 15. The molecule has 0 saturated heterocycles. The quantitative estimate of drug-likeness (QED) is 0.300. The van der Waals surface area contributed by atoms with Crippen LogP contribution in [-0.4, -0.2) is 12.6 Å². The largest absolute Gasteiger partial charge is 0.314 e. The first-order valence-corrected chi connectivity index (χ1v) is 9.02. The maximum Gasteiger partial charge on any atom is 0.0101 e. The second-order valence-corrected chi connectivity index (χ2v) is 6.01. The van der Waals surface area contributed by atoms with Crippen molar-refractivity contribution in [3.63, 3.8) is 0 Å². The SMILES string of the molecule is C#CCCC(CCCCCCCCCCC)NCCC. The van der Waals surface area contributed by atoms with Crippen LogP contribution in [0.25, 0.3) is 0 Å². The van der Waals surface area contributed by atoms with Crippen LogP contribution >= 0.6 is 0 Å². The molecule has 0 heterocycles. The Morgan fingerprint density at radius 3 is 1.95 bits per heavy atom. The van der Waals surface area contributed by atoms with Crippen LogP contribution in [0.3, 0.4) is 0 Å². The van der Waals surface area contributed by atoms with Gasteiger partial charge in [0.05, 0.1) is 0 Å². The zero-order chi connectivity index (χ0) is 14.9. The van der Waals surface area contributed by atoms with Crippen LogP contribution in [0.15, 0.2) is 0 Å². The highest BCUT2D eigenvalue weighted by Gasteiger charge is 2.06. The highest BCUT2D eigenvalue weighted by molar-refractivity contribution is 4.85. The second-order valence-electron chi connectivity index (χ2n) is 6.01. The third-order valence-corrected chi connectivity index (χ3v) is 3.98. The summed E-state index contributed by atoms with van der Waals surface area (Å²) in [6.07, 6.45) is 22.6. The summed E-state index contributed by atoms with van der Waals surface area (Å²) in [5, 5.41) is 3.63. The normalized spacial score (nSPS) is 12.2. The van der Waals surface area contributed by atoms with Gasteiger partial charge in [-0.05, 0) is 25.8 Å². The molecule has 0 aromatic carbocycles. The fourth-order valence-electron chi connectivity index (χ4n) is 2.66. The average molecular weight is 280 g/mol. The number of nitrogens with one attached hydrogen (secondary N) is 1. The summed E-state index contributed by atoms with van der Waals surface area (Å²) in [7, 11) is 0. The minimum atomic E-state index is 0.649. The van der Waals surface area contributed by atoms with E-state index < -0.39 is 0 Å². The molecule has 0 aliphatic carbocycles. The minimum absolute atomic E-state index is 0.649. The molecular weight excluding hydrogens is 242 g/mol. The van der Waals surface area contributed by atoms with E-state index in [1.54, 1.807) is 0 Å². The maximum absolute atomic E-state index is 5.37. The van der Waals surface area contributed by atoms with E-state index in [0.717, 1.165) is 19.4 Å². The van der Waals surface area contributed by atoms with Crippen molar-refractivity contribution in [3.05, 3.63) is 0 Å². The molecule has 0 aromatic rings. The van der Waals surface area contributed by atoms with Crippen molar-refractivity contribution in [1.29, 1.82) is 0 Å². The van der Waals surface area contributed by atoms with Crippen molar-refractivity contribution in [2.75, 3.05) is 6.54 Å². The summed E-state index contributed by atoms with van der Waals surface area (Å²) in [6, 6.07) is 0.649. The zero-order valence-electron chi connectivity index (χ0n) is 14.1. The van der Waals surface area contributed by atoms with E-state index in [4.69, 9.17) is 6.42 Å². The van der Waals surface area contributed by atoms with Gasteiger partial charge < -0.3 is 5.32 Å². The predicted octanol–water partition coefficient (Wildman–Crippen LogP) is 5.69. The molecule has 0 bridgehead atoms. The second kappa shape index (κ2) is 16.6. The van der Waals surface area contributed by atoms with E-state index >= 15 is 0 Å². The van der Waals surface area contributed by atoms with Crippen LogP contribution in [0.1, 0.15) is 97.3 Å². The molecule has 0 amide bonds. The fraction of sp³-hybridized carbons (Fsp3) is 0.895. The van der Waals surface area contributed by atoms with Crippen molar-refractivity contribution in [1.82, 2.24) is 5.32 Å². The molecule has 1 N–H and O–H groups in total. The summed E-state index contributed by atoms with van der Waals surface area (Å²) in [5.74, 6) is 2.77. The summed E-state index contributed by atoms with van der Waals surface area (Å²) < 4.78 is 0. The molecule has 0 saturated carbocycles. The van der Waals surface area contributed by atoms with E-state index in [-0.39, 0.29) is 0 Å². The Labute approximate surface area is 128 Å². The van der Waals surface area contributed by atoms with Crippen molar-refractivity contribution in [2.24, 2.45) is 0 Å². The molecule has 1 nitrogen and oxygen atoms in total. The number of terminal acetylenes is 1. The molecule has 1 atom stereocenters. The number of hydrogen-bond acceptors (Lipinski definition) is 1. The third-order valence-electron chi connectivity index (χ3n) is 3.98. The molecule has 1 heteroatoms. The van der Waals surface area contributed by atoms with Gasteiger partial charge in [0, 0.05) is 12.5 Å². The van der Waals surface area contributed by atoms with Gasteiger partial charge in [0.25, 0.3) is 0 Å². The van der Waals surface area contributed by atoms with Crippen LogP contribution in [-0.2, 0) is 0 Å². The van der Waals surface area contributed by atoms with Gasteiger partial charge in [-0.3, -0.25) is 0 Å². The Morgan fingerprint density at radius 1 is 0.800 bits per heavy atom. The van der Waals surface area contributed by atoms with Crippen LogP contribution in [0.5, 0.6) is 0 Å². The summed E-state index contributed by atoms with van der Waals surface area (Å²) in [6.45, 7) is 5.64. The molecule has 20 heavy (non-hydrogen) atoms. The van der Waals surface area contributed by atoms with Gasteiger partial charge in [-0.1, -0.05) is 71.6 Å². The molecular formula is C19H37N. The Hall–Kier alpha value is -0.480. The predicted molar refractivity (Wildman–Crippen MR) is 92.0 cm³/mol. The Balaban J connectivity index is 3.40.